The van der Waals surface area contributed by atoms with Gasteiger partial charge >= 0.3 is 0 Å². The van der Waals surface area contributed by atoms with E-state index in [1.807, 2.05) is 0 Å². The summed E-state index contributed by atoms with van der Waals surface area (Å²) in [5.41, 5.74) is -0.142. The van der Waals surface area contributed by atoms with Gasteiger partial charge in [-0.1, -0.05) is 0 Å². The number of rotatable bonds is 2. The van der Waals surface area contributed by atoms with Crippen molar-refractivity contribution in [2.45, 2.75) is 10.9 Å². The maximum absolute atomic E-state index is 6.47. The topological polar surface area (TPSA) is 27.2 Å². The van der Waals surface area contributed by atoms with Crippen molar-refractivity contribution in [2.24, 2.45) is 0 Å². The van der Waals surface area contributed by atoms with Crippen LogP contribution >= 0.6 is 23.5 Å². The Bertz CT molecular complexity index is 191. The Labute approximate surface area is 79.1 Å². The Morgan fingerprint density at radius 1 is 1.00 bits per heavy atom. The third-order valence-corrected chi connectivity index (χ3v) is 3.84. The first-order chi connectivity index (χ1) is 5.86. The molecule has 64 valence electrons. The van der Waals surface area contributed by atoms with E-state index in [9.17, 15) is 0 Å². The fourth-order valence-corrected chi connectivity index (χ4v) is 3.02. The van der Waals surface area contributed by atoms with Gasteiger partial charge < -0.3 is 0 Å². The van der Waals surface area contributed by atoms with E-state index in [0.717, 1.165) is 0 Å². The fourth-order valence-electron chi connectivity index (χ4n) is 0.707. The molecule has 1 rings (SSSR count). The van der Waals surface area contributed by atoms with Gasteiger partial charge in [-0.25, -0.2) is 0 Å². The predicted molar refractivity (Wildman–Crippen MR) is 47.9 cm³/mol. The Kier molecular flexibility index (Phi) is 3.92. The zero-order valence-corrected chi connectivity index (χ0v) is 7.73. The average Bonchev–Trinajstić information content (AvgIpc) is 2.09. The van der Waals surface area contributed by atoms with Gasteiger partial charge in [0.15, 0.2) is 0 Å². The molecule has 0 aromatic heterocycles. The molecule has 1 aliphatic rings. The maximum Gasteiger partial charge on any atom is 0.239 e. The zero-order valence-electron chi connectivity index (χ0n) is 6.10. The largest absolute Gasteiger partial charge is 0.239 e. The van der Waals surface area contributed by atoms with Crippen molar-refractivity contribution in [3.05, 3.63) is 23.2 Å². The molecule has 0 saturated carbocycles. The standard InChI is InChI=1S/C6H6N2O2S2/c1-7-9-5-3-12-6(4-11-5)10-8-2/h5-6H,3-4H2. The van der Waals surface area contributed by atoms with Crippen molar-refractivity contribution in [1.29, 1.82) is 0 Å². The second kappa shape index (κ2) is 5.02. The summed E-state index contributed by atoms with van der Waals surface area (Å²) in [5, 5.41) is 5.69. The minimum absolute atomic E-state index is 0.0712. The third kappa shape index (κ3) is 2.72. The first-order valence-electron chi connectivity index (χ1n) is 3.15. The number of nitrogens with zero attached hydrogens (tertiary/aromatic N) is 2. The Hall–Kier alpha value is -0.720. The van der Waals surface area contributed by atoms with Gasteiger partial charge in [0.25, 0.3) is 0 Å². The molecule has 1 heterocycles. The van der Waals surface area contributed by atoms with E-state index < -0.39 is 0 Å². The molecule has 1 saturated heterocycles. The van der Waals surface area contributed by atoms with Crippen LogP contribution in [0.4, 0.5) is 0 Å². The second-order valence-corrected chi connectivity index (χ2v) is 4.30. The first kappa shape index (κ1) is 9.37. The van der Waals surface area contributed by atoms with Crippen molar-refractivity contribution < 1.29 is 9.68 Å². The molecule has 2 atom stereocenters. The van der Waals surface area contributed by atoms with Gasteiger partial charge in [0.2, 0.25) is 10.9 Å². The molecule has 0 aliphatic carbocycles. The third-order valence-electron chi connectivity index (χ3n) is 1.18. The van der Waals surface area contributed by atoms with Gasteiger partial charge in [0, 0.05) is 0 Å². The van der Waals surface area contributed by atoms with Gasteiger partial charge in [0.1, 0.15) is 0 Å². The van der Waals surface area contributed by atoms with Gasteiger partial charge in [0.05, 0.1) is 11.5 Å². The van der Waals surface area contributed by atoms with E-state index in [2.05, 4.69) is 10.0 Å². The summed E-state index contributed by atoms with van der Waals surface area (Å²) in [4.78, 5) is 9.42. The number of thioether (sulfide) groups is 2. The van der Waals surface area contributed by atoms with Crippen LogP contribution in [0.1, 0.15) is 0 Å². The van der Waals surface area contributed by atoms with Crippen molar-refractivity contribution >= 4 is 23.5 Å². The van der Waals surface area contributed by atoms with Crippen molar-refractivity contribution in [1.82, 2.24) is 0 Å². The highest BCUT2D eigenvalue weighted by Crippen LogP contribution is 2.31. The summed E-state index contributed by atoms with van der Waals surface area (Å²) >= 11 is 3.02. The van der Waals surface area contributed by atoms with Gasteiger partial charge in [-0.05, 0) is 10.0 Å². The molecule has 0 amide bonds. The molecule has 2 unspecified atom stereocenters. The predicted octanol–water partition coefficient (Wildman–Crippen LogP) is 1.82. The van der Waals surface area contributed by atoms with E-state index in [-0.39, 0.29) is 10.9 Å². The molecule has 0 aromatic rings. The molecule has 6 heteroatoms. The number of hydrogen-bond acceptors (Lipinski definition) is 4. The van der Waals surface area contributed by atoms with E-state index in [0.29, 0.717) is 11.5 Å². The van der Waals surface area contributed by atoms with Crippen LogP contribution in [0, 0.1) is 13.1 Å². The van der Waals surface area contributed by atoms with Crippen molar-refractivity contribution in [3.8, 4) is 0 Å². The lowest BCUT2D eigenvalue weighted by Crippen LogP contribution is -2.22. The highest BCUT2D eigenvalue weighted by atomic mass is 32.2. The summed E-state index contributed by atoms with van der Waals surface area (Å²) in [7, 11) is 0. The monoisotopic (exact) mass is 202 g/mol. The lowest BCUT2D eigenvalue weighted by Gasteiger charge is -2.17. The summed E-state index contributed by atoms with van der Waals surface area (Å²) in [6.45, 7) is 12.9. The second-order valence-electron chi connectivity index (χ2n) is 1.92. The smallest absolute Gasteiger partial charge is 0.184 e. The van der Waals surface area contributed by atoms with Crippen LogP contribution < -0.4 is 0 Å². The first-order valence-corrected chi connectivity index (χ1v) is 5.25. The lowest BCUT2D eigenvalue weighted by molar-refractivity contribution is 0.214. The Balaban J connectivity index is 2.22. The minimum Gasteiger partial charge on any atom is -0.184 e. The molecular weight excluding hydrogens is 196 g/mol. The Morgan fingerprint density at radius 3 is 1.67 bits per heavy atom. The van der Waals surface area contributed by atoms with Crippen LogP contribution in [0.5, 0.6) is 0 Å². The summed E-state index contributed by atoms with van der Waals surface area (Å²) < 4.78 is 0. The molecule has 12 heavy (non-hydrogen) atoms. The van der Waals surface area contributed by atoms with Crippen molar-refractivity contribution in [2.75, 3.05) is 11.5 Å². The van der Waals surface area contributed by atoms with Gasteiger partial charge in [-0.3, -0.25) is 0 Å². The van der Waals surface area contributed by atoms with Crippen LogP contribution in [0.2, 0.25) is 0 Å². The molecule has 0 bridgehead atoms. The number of hydrogen-bond donors (Lipinski definition) is 0. The van der Waals surface area contributed by atoms with E-state index >= 15 is 0 Å². The molecule has 0 spiro atoms. The molecule has 1 aliphatic heterocycles. The molecule has 0 N–H and O–H groups in total. The molecule has 0 radical (unpaired) electrons. The summed E-state index contributed by atoms with van der Waals surface area (Å²) in [6.07, 6.45) is 0. The maximum atomic E-state index is 6.47. The van der Waals surface area contributed by atoms with Crippen molar-refractivity contribution in [3.63, 3.8) is 0 Å². The van der Waals surface area contributed by atoms with Crippen LogP contribution in [0.15, 0.2) is 0 Å². The van der Waals surface area contributed by atoms with E-state index in [1.54, 1.807) is 0 Å². The minimum atomic E-state index is -0.0712. The summed E-state index contributed by atoms with van der Waals surface area (Å²) in [6, 6.07) is 0. The molecule has 0 aromatic carbocycles. The molecule has 1 fully saturated rings. The van der Waals surface area contributed by atoms with Gasteiger partial charge in [-0.15, -0.1) is 23.5 Å². The fraction of sp³-hybridized carbons (Fsp3) is 0.667. The quantitative estimate of drug-likeness (QED) is 0.504. The Morgan fingerprint density at radius 2 is 1.42 bits per heavy atom. The van der Waals surface area contributed by atoms with E-state index in [4.69, 9.17) is 22.8 Å². The average molecular weight is 202 g/mol. The summed E-state index contributed by atoms with van der Waals surface area (Å²) in [5.74, 6) is 1.40. The van der Waals surface area contributed by atoms with Crippen LogP contribution in [0.3, 0.4) is 0 Å². The van der Waals surface area contributed by atoms with E-state index in [1.165, 1.54) is 23.5 Å². The molecular formula is C6H6N2O2S2. The van der Waals surface area contributed by atoms with Gasteiger partial charge in [-0.2, -0.15) is 22.8 Å². The van der Waals surface area contributed by atoms with Crippen LogP contribution in [0.25, 0.3) is 10.0 Å². The lowest BCUT2D eigenvalue weighted by atomic mass is 10.8. The normalized spacial score (nSPS) is 28.2. The zero-order chi connectivity index (χ0) is 8.81. The highest BCUT2D eigenvalue weighted by Gasteiger charge is 2.28. The van der Waals surface area contributed by atoms with Crippen LogP contribution in [-0.2, 0) is 9.68 Å². The molecule has 4 nitrogen and oxygen atoms in total. The highest BCUT2D eigenvalue weighted by molar-refractivity contribution is 8.06. The SMILES string of the molecule is [C-]#[N+]OC1CSC(O[N+]#[C-])CS1. The van der Waals surface area contributed by atoms with Crippen LogP contribution in [-0.4, -0.2) is 22.4 Å².